The molecule has 0 spiro atoms. The Morgan fingerprint density at radius 1 is 0.377 bits per heavy atom. The molecule has 0 saturated carbocycles. The highest BCUT2D eigenvalue weighted by Gasteiger charge is 2.21. The van der Waals surface area contributed by atoms with Gasteiger partial charge in [0, 0.05) is 43.8 Å². The number of aromatic amines is 2. The third-order valence-electron chi connectivity index (χ3n) is 9.97. The lowest BCUT2D eigenvalue weighted by Crippen LogP contribution is -1.82. The van der Waals surface area contributed by atoms with Crippen LogP contribution in [0.25, 0.3) is 89.7 Å². The molecule has 2 N–H and O–H groups in total. The molecule has 2 aliphatic heterocycles. The average Bonchev–Trinajstić information content (AvgIpc) is 3.93. The number of hydrogen-bond acceptors (Lipinski definition) is 7. The molecule has 9 rings (SSSR count). The van der Waals surface area contributed by atoms with Crippen molar-refractivity contribution in [3.05, 3.63) is 97.1 Å². The highest BCUT2D eigenvalue weighted by Crippen LogP contribution is 2.36. The van der Waals surface area contributed by atoms with E-state index in [0.29, 0.717) is 45.9 Å². The predicted octanol–water partition coefficient (Wildman–Crippen LogP) is 11.7. The molecule has 4 aromatic carbocycles. The molecule has 7 aromatic rings. The molecule has 0 aliphatic carbocycles. The van der Waals surface area contributed by atoms with Crippen LogP contribution in [0.1, 0.15) is 71.1 Å². The molecule has 8 nitrogen and oxygen atoms in total. The van der Waals surface area contributed by atoms with E-state index in [1.165, 1.54) is 64.2 Å². The van der Waals surface area contributed by atoms with Crippen LogP contribution in [0.3, 0.4) is 0 Å². The SMILES string of the molecule is CCCCCCCCCCCCS.c1ccc2c(c1)-c1nc-2nc2[nH]c(nc3nc(nc4[nH]c(n1)c1ccccc41)-c1ccccc1-3)c1ccccc21. The van der Waals surface area contributed by atoms with Crippen LogP contribution >= 0.6 is 12.6 Å². The summed E-state index contributed by atoms with van der Waals surface area (Å²) in [5, 5.41) is 3.82. The minimum absolute atomic E-state index is 0.597. The van der Waals surface area contributed by atoms with Crippen molar-refractivity contribution in [2.75, 3.05) is 5.75 Å². The molecule has 0 unspecified atom stereocenters. The number of hydrogen-bond donors (Lipinski definition) is 3. The maximum atomic E-state index is 5.02. The number of nitrogens with one attached hydrogen (secondary N) is 2. The third kappa shape index (κ3) is 7.31. The molecule has 9 heteroatoms. The molecule has 0 atom stereocenters. The van der Waals surface area contributed by atoms with Crippen molar-refractivity contribution in [3.63, 3.8) is 0 Å². The first kappa shape index (κ1) is 34.7. The van der Waals surface area contributed by atoms with Gasteiger partial charge in [0.15, 0.2) is 23.3 Å². The van der Waals surface area contributed by atoms with Gasteiger partial charge in [-0.3, -0.25) is 0 Å². The first-order chi connectivity index (χ1) is 26.2. The van der Waals surface area contributed by atoms with Gasteiger partial charge >= 0.3 is 0 Å². The van der Waals surface area contributed by atoms with Crippen LogP contribution in [0.5, 0.6) is 0 Å². The van der Waals surface area contributed by atoms with E-state index >= 15 is 0 Å². The van der Waals surface area contributed by atoms with Gasteiger partial charge in [-0.25, -0.2) is 29.9 Å². The van der Waals surface area contributed by atoms with Gasteiger partial charge in [0.05, 0.1) is 0 Å². The Bertz CT molecular complexity index is 2220. The summed E-state index contributed by atoms with van der Waals surface area (Å²) >= 11 is 4.20. The molecule has 2 aliphatic rings. The Morgan fingerprint density at radius 3 is 0.962 bits per heavy atom. The van der Waals surface area contributed by atoms with E-state index < -0.39 is 0 Å². The molecular weight excluding hydrogens is 673 g/mol. The van der Waals surface area contributed by atoms with Crippen LogP contribution in [0.2, 0.25) is 0 Å². The van der Waals surface area contributed by atoms with Crippen LogP contribution < -0.4 is 0 Å². The van der Waals surface area contributed by atoms with Crippen LogP contribution in [-0.2, 0) is 0 Å². The number of benzene rings is 4. The van der Waals surface area contributed by atoms with E-state index in [1.54, 1.807) is 0 Å². The fraction of sp³-hybridized carbons (Fsp3) is 0.273. The fourth-order valence-corrected chi connectivity index (χ4v) is 7.41. The van der Waals surface area contributed by atoms with Gasteiger partial charge in [0.1, 0.15) is 22.6 Å². The van der Waals surface area contributed by atoms with Crippen molar-refractivity contribution in [2.24, 2.45) is 0 Å². The van der Waals surface area contributed by atoms with Crippen molar-refractivity contribution in [3.8, 4) is 45.6 Å². The predicted molar refractivity (Wildman–Crippen MR) is 222 cm³/mol. The van der Waals surface area contributed by atoms with Crippen molar-refractivity contribution < 1.29 is 0 Å². The second-order valence-electron chi connectivity index (χ2n) is 13.7. The third-order valence-corrected chi connectivity index (χ3v) is 10.3. The van der Waals surface area contributed by atoms with Gasteiger partial charge in [-0.05, 0) is 12.2 Å². The second-order valence-corrected chi connectivity index (χ2v) is 14.1. The lowest BCUT2D eigenvalue weighted by Gasteiger charge is -2.00. The highest BCUT2D eigenvalue weighted by molar-refractivity contribution is 7.80. The first-order valence-corrected chi connectivity index (χ1v) is 19.6. The summed E-state index contributed by atoms with van der Waals surface area (Å²) in [7, 11) is 0. The topological polar surface area (TPSA) is 109 Å². The molecule has 0 radical (unpaired) electrons. The summed E-state index contributed by atoms with van der Waals surface area (Å²) in [5.41, 5.74) is 6.45. The maximum Gasteiger partial charge on any atom is 0.164 e. The number of unbranched alkanes of at least 4 members (excludes halogenated alkanes) is 9. The van der Waals surface area contributed by atoms with Crippen molar-refractivity contribution in [1.29, 1.82) is 0 Å². The molecule has 3 aromatic heterocycles. The number of rotatable bonds is 10. The summed E-state index contributed by atoms with van der Waals surface area (Å²) in [6, 6.07) is 32.2. The largest absolute Gasteiger partial charge is 0.324 e. The van der Waals surface area contributed by atoms with Gasteiger partial charge in [0.25, 0.3) is 0 Å². The Kier molecular flexibility index (Phi) is 10.5. The summed E-state index contributed by atoms with van der Waals surface area (Å²) in [5.74, 6) is 3.45. The lowest BCUT2D eigenvalue weighted by atomic mass is 10.1. The molecule has 266 valence electrons. The second kappa shape index (κ2) is 16.1. The first-order valence-electron chi connectivity index (χ1n) is 19.0. The van der Waals surface area contributed by atoms with Crippen molar-refractivity contribution in [1.82, 2.24) is 39.9 Å². The summed E-state index contributed by atoms with van der Waals surface area (Å²) < 4.78 is 0. The number of aromatic nitrogens is 8. The van der Waals surface area contributed by atoms with E-state index in [2.05, 4.69) is 29.5 Å². The number of fused-ring (bicyclic) bond motifs is 20. The van der Waals surface area contributed by atoms with Crippen LogP contribution in [-0.4, -0.2) is 45.6 Å². The van der Waals surface area contributed by atoms with Crippen LogP contribution in [0.4, 0.5) is 0 Å². The molecule has 8 bridgehead atoms. The van der Waals surface area contributed by atoms with Crippen LogP contribution in [0, 0.1) is 0 Å². The molecule has 53 heavy (non-hydrogen) atoms. The summed E-state index contributed by atoms with van der Waals surface area (Å²) in [4.78, 5) is 36.8. The Balaban J connectivity index is 0.000000266. The fourth-order valence-electron chi connectivity index (χ4n) is 7.19. The summed E-state index contributed by atoms with van der Waals surface area (Å²) in [6.07, 6.45) is 14.2. The Morgan fingerprint density at radius 2 is 0.660 bits per heavy atom. The van der Waals surface area contributed by atoms with E-state index in [-0.39, 0.29) is 0 Å². The van der Waals surface area contributed by atoms with Gasteiger partial charge in [-0.1, -0.05) is 162 Å². The number of thiol groups is 1. The zero-order valence-corrected chi connectivity index (χ0v) is 31.0. The van der Waals surface area contributed by atoms with Crippen LogP contribution in [0.15, 0.2) is 97.1 Å². The molecule has 5 heterocycles. The van der Waals surface area contributed by atoms with Crippen molar-refractivity contribution >= 4 is 56.8 Å². The normalized spacial score (nSPS) is 11.7. The van der Waals surface area contributed by atoms with E-state index in [4.69, 9.17) is 29.9 Å². The minimum Gasteiger partial charge on any atom is -0.324 e. The average molecular weight is 717 g/mol. The van der Waals surface area contributed by atoms with Gasteiger partial charge in [-0.15, -0.1) is 0 Å². The van der Waals surface area contributed by atoms with E-state index in [9.17, 15) is 0 Å². The summed E-state index contributed by atoms with van der Waals surface area (Å²) in [6.45, 7) is 2.28. The number of nitrogens with zero attached hydrogens (tertiary/aromatic N) is 6. The molecular formula is C44H44N8S. The zero-order chi connectivity index (χ0) is 36.0. The lowest BCUT2D eigenvalue weighted by molar-refractivity contribution is 0.563. The quantitative estimate of drug-likeness (QED) is 0.0960. The Labute approximate surface area is 315 Å². The Hall–Kier alpha value is -5.41. The minimum atomic E-state index is 0.597. The van der Waals surface area contributed by atoms with E-state index in [0.717, 1.165) is 49.6 Å². The van der Waals surface area contributed by atoms with Gasteiger partial charge in [-0.2, -0.15) is 12.6 Å². The van der Waals surface area contributed by atoms with Gasteiger partial charge < -0.3 is 9.97 Å². The van der Waals surface area contributed by atoms with Gasteiger partial charge in [0.2, 0.25) is 0 Å². The number of H-pyrrole nitrogens is 2. The highest BCUT2D eigenvalue weighted by atomic mass is 32.1. The smallest absolute Gasteiger partial charge is 0.164 e. The van der Waals surface area contributed by atoms with Crippen molar-refractivity contribution in [2.45, 2.75) is 71.1 Å². The zero-order valence-electron chi connectivity index (χ0n) is 30.1. The maximum absolute atomic E-state index is 5.02. The molecule has 0 saturated heterocycles. The monoisotopic (exact) mass is 716 g/mol. The standard InChI is InChI=1S/C32H18N8.C12H26S/c1-2-10-18-17(9-1)25-33-26(18)38-28-21-13-5-6-14-22(21)30(35-28)40-32-24-16-8-7-15-23(24)31(36-32)39-29-20-12-4-3-11-19(20)27(34-29)37-25;1-2-3-4-5-6-7-8-9-10-11-12-13/h1-16H,(H2,33,34,35,36,37,38,39,40);13H,2-12H2,1H3. The molecule has 0 amide bonds. The van der Waals surface area contributed by atoms with E-state index in [1.807, 2.05) is 97.1 Å². The molecule has 0 fully saturated rings.